The molecular formula is C36H37ClF2N10O2. The van der Waals surface area contributed by atoms with E-state index in [9.17, 15) is 8.78 Å². The van der Waals surface area contributed by atoms with Crippen LogP contribution in [0.15, 0.2) is 60.9 Å². The lowest BCUT2D eigenvalue weighted by Crippen LogP contribution is -2.36. The van der Waals surface area contributed by atoms with Gasteiger partial charge in [-0.3, -0.25) is 0 Å². The highest BCUT2D eigenvalue weighted by atomic mass is 35.5. The van der Waals surface area contributed by atoms with Gasteiger partial charge in [0.15, 0.2) is 11.0 Å². The first-order chi connectivity index (χ1) is 25.0. The van der Waals surface area contributed by atoms with E-state index in [1.54, 1.807) is 36.7 Å². The van der Waals surface area contributed by atoms with Gasteiger partial charge in [-0.25, -0.2) is 18.7 Å². The van der Waals surface area contributed by atoms with Crippen LogP contribution in [0, 0.1) is 11.6 Å². The van der Waals surface area contributed by atoms with Crippen LogP contribution in [-0.4, -0.2) is 92.1 Å². The van der Waals surface area contributed by atoms with Crippen LogP contribution in [0.3, 0.4) is 0 Å². The SMILES string of the molecule is C1COCCN1.Fc1ccc2nc(-c3cnnc(Cl)c3)n(C3CC3)c2c1.Fc1ccc2nc(-c3cnnc(N4CCOCC4)c3)n(C3CC3)c2c1. The molecule has 2 aromatic carbocycles. The van der Waals surface area contributed by atoms with Crippen molar-refractivity contribution in [3.63, 3.8) is 0 Å². The van der Waals surface area contributed by atoms with Gasteiger partial charge in [-0.1, -0.05) is 11.6 Å². The highest BCUT2D eigenvalue weighted by molar-refractivity contribution is 6.29. The number of imidazole rings is 2. The molecule has 264 valence electrons. The van der Waals surface area contributed by atoms with Gasteiger partial charge in [0.1, 0.15) is 23.3 Å². The molecule has 0 bridgehead atoms. The van der Waals surface area contributed by atoms with Gasteiger partial charge in [0, 0.05) is 49.4 Å². The Hall–Kier alpha value is -4.63. The van der Waals surface area contributed by atoms with E-state index in [1.807, 2.05) is 6.07 Å². The molecule has 0 radical (unpaired) electrons. The Morgan fingerprint density at radius 1 is 0.667 bits per heavy atom. The minimum atomic E-state index is -0.253. The number of morpholine rings is 2. The summed E-state index contributed by atoms with van der Waals surface area (Å²) < 4.78 is 41.9. The molecule has 2 saturated heterocycles. The Morgan fingerprint density at radius 3 is 1.69 bits per heavy atom. The number of nitrogens with one attached hydrogen (secondary N) is 1. The summed E-state index contributed by atoms with van der Waals surface area (Å²) in [5.41, 5.74) is 4.97. The molecule has 0 unspecified atom stereocenters. The van der Waals surface area contributed by atoms with Crippen molar-refractivity contribution in [3.8, 4) is 22.8 Å². The van der Waals surface area contributed by atoms with Gasteiger partial charge in [0.25, 0.3) is 0 Å². The normalized spacial score (nSPS) is 17.5. The second kappa shape index (κ2) is 14.9. The van der Waals surface area contributed by atoms with E-state index < -0.39 is 0 Å². The van der Waals surface area contributed by atoms with Crippen LogP contribution in [0.4, 0.5) is 14.6 Å². The van der Waals surface area contributed by atoms with Gasteiger partial charge in [0.2, 0.25) is 0 Å². The van der Waals surface area contributed by atoms with E-state index >= 15 is 0 Å². The fraction of sp³-hybridized carbons (Fsp3) is 0.389. The Balaban J connectivity index is 0.000000128. The number of aromatic nitrogens is 8. The summed E-state index contributed by atoms with van der Waals surface area (Å²) in [5.74, 6) is 1.96. The molecular weight excluding hydrogens is 678 g/mol. The van der Waals surface area contributed by atoms with E-state index in [0.717, 1.165) is 116 Å². The minimum Gasteiger partial charge on any atom is -0.379 e. The van der Waals surface area contributed by atoms with Crippen molar-refractivity contribution in [2.75, 3.05) is 57.5 Å². The zero-order chi connectivity index (χ0) is 34.7. The third-order valence-corrected chi connectivity index (χ3v) is 9.28. The number of rotatable bonds is 5. The molecule has 10 rings (SSSR count). The van der Waals surface area contributed by atoms with E-state index in [-0.39, 0.29) is 11.6 Å². The third-order valence-electron chi connectivity index (χ3n) is 9.09. The molecule has 12 nitrogen and oxygen atoms in total. The lowest BCUT2D eigenvalue weighted by Gasteiger charge is -2.27. The van der Waals surface area contributed by atoms with Gasteiger partial charge in [-0.15, -0.1) is 10.2 Å². The lowest BCUT2D eigenvalue weighted by atomic mass is 10.2. The second-order valence-corrected chi connectivity index (χ2v) is 13.3. The Labute approximate surface area is 297 Å². The predicted molar refractivity (Wildman–Crippen MR) is 190 cm³/mol. The molecule has 0 atom stereocenters. The first kappa shape index (κ1) is 33.5. The van der Waals surface area contributed by atoms with E-state index in [4.69, 9.17) is 26.1 Å². The molecule has 4 aliphatic rings. The van der Waals surface area contributed by atoms with Crippen LogP contribution in [0.25, 0.3) is 44.8 Å². The zero-order valence-electron chi connectivity index (χ0n) is 27.9. The van der Waals surface area contributed by atoms with Gasteiger partial charge < -0.3 is 28.8 Å². The Kier molecular flexibility index (Phi) is 9.80. The van der Waals surface area contributed by atoms with Gasteiger partial charge in [-0.05, 0) is 74.2 Å². The number of halogens is 3. The monoisotopic (exact) mass is 714 g/mol. The molecule has 6 aromatic rings. The smallest absolute Gasteiger partial charge is 0.152 e. The summed E-state index contributed by atoms with van der Waals surface area (Å²) in [6.45, 7) is 6.85. The summed E-state index contributed by atoms with van der Waals surface area (Å²) in [6, 6.07) is 13.9. The summed E-state index contributed by atoms with van der Waals surface area (Å²) in [7, 11) is 0. The molecule has 4 aromatic heterocycles. The highest BCUT2D eigenvalue weighted by Gasteiger charge is 2.30. The van der Waals surface area contributed by atoms with Crippen molar-refractivity contribution < 1.29 is 18.3 Å². The maximum atomic E-state index is 13.7. The number of anilines is 1. The fourth-order valence-electron chi connectivity index (χ4n) is 6.35. The van der Waals surface area contributed by atoms with Crippen molar-refractivity contribution in [2.45, 2.75) is 37.8 Å². The van der Waals surface area contributed by atoms with Crippen LogP contribution in [0.1, 0.15) is 37.8 Å². The van der Waals surface area contributed by atoms with Crippen LogP contribution in [-0.2, 0) is 9.47 Å². The summed E-state index contributed by atoms with van der Waals surface area (Å²) in [4.78, 5) is 11.5. The number of ether oxygens (including phenoxy) is 2. The molecule has 4 fully saturated rings. The van der Waals surface area contributed by atoms with Crippen LogP contribution in [0.5, 0.6) is 0 Å². The topological polar surface area (TPSA) is 121 Å². The average Bonchev–Trinajstić information content (AvgIpc) is 4.12. The average molecular weight is 715 g/mol. The minimum absolute atomic E-state index is 0.234. The molecule has 0 spiro atoms. The van der Waals surface area contributed by atoms with E-state index in [1.165, 1.54) is 18.2 Å². The van der Waals surface area contributed by atoms with Crippen molar-refractivity contribution >= 4 is 39.5 Å². The molecule has 2 aliphatic carbocycles. The third kappa shape index (κ3) is 7.69. The highest BCUT2D eigenvalue weighted by Crippen LogP contribution is 2.42. The first-order valence-corrected chi connectivity index (χ1v) is 17.7. The van der Waals surface area contributed by atoms with Gasteiger partial charge in [0.05, 0.1) is 60.9 Å². The number of benzene rings is 2. The maximum Gasteiger partial charge on any atom is 0.152 e. The summed E-state index contributed by atoms with van der Waals surface area (Å²) in [5, 5.41) is 19.5. The summed E-state index contributed by atoms with van der Waals surface area (Å²) >= 11 is 5.90. The number of hydrogen-bond acceptors (Lipinski definition) is 10. The molecule has 15 heteroatoms. The molecule has 0 amide bonds. The second-order valence-electron chi connectivity index (χ2n) is 12.9. The fourth-order valence-corrected chi connectivity index (χ4v) is 6.51. The van der Waals surface area contributed by atoms with Crippen molar-refractivity contribution in [1.82, 2.24) is 44.8 Å². The Bertz CT molecular complexity index is 2130. The molecule has 2 aliphatic heterocycles. The first-order valence-electron chi connectivity index (χ1n) is 17.3. The lowest BCUT2D eigenvalue weighted by molar-refractivity contribution is 0.109. The quantitative estimate of drug-likeness (QED) is 0.227. The number of hydrogen-bond donors (Lipinski definition) is 1. The molecule has 51 heavy (non-hydrogen) atoms. The van der Waals surface area contributed by atoms with Crippen molar-refractivity contribution in [2.24, 2.45) is 0 Å². The largest absolute Gasteiger partial charge is 0.379 e. The van der Waals surface area contributed by atoms with Gasteiger partial charge in [-0.2, -0.15) is 10.2 Å². The molecule has 6 heterocycles. The molecule has 1 N–H and O–H groups in total. The number of nitrogens with zero attached hydrogens (tertiary/aromatic N) is 9. The van der Waals surface area contributed by atoms with Crippen LogP contribution < -0.4 is 10.2 Å². The number of fused-ring (bicyclic) bond motifs is 2. The van der Waals surface area contributed by atoms with Gasteiger partial charge >= 0.3 is 0 Å². The van der Waals surface area contributed by atoms with E-state index in [2.05, 4.69) is 44.7 Å². The van der Waals surface area contributed by atoms with Crippen LogP contribution in [0.2, 0.25) is 5.15 Å². The summed E-state index contributed by atoms with van der Waals surface area (Å²) in [6.07, 6.45) is 7.73. The van der Waals surface area contributed by atoms with E-state index in [0.29, 0.717) is 30.5 Å². The predicted octanol–water partition coefficient (Wildman–Crippen LogP) is 6.03. The van der Waals surface area contributed by atoms with Crippen molar-refractivity contribution in [1.29, 1.82) is 0 Å². The Morgan fingerprint density at radius 2 is 1.20 bits per heavy atom. The zero-order valence-corrected chi connectivity index (χ0v) is 28.6. The van der Waals surface area contributed by atoms with Crippen molar-refractivity contribution in [3.05, 3.63) is 77.7 Å². The van der Waals surface area contributed by atoms with Crippen LogP contribution >= 0.6 is 11.6 Å². The molecule has 2 saturated carbocycles. The maximum absolute atomic E-state index is 13.7. The standard InChI is InChI=1S/C18H18FN5O.C14H10ClFN4.C4H9NO/c19-13-1-4-15-16(10-13)24(14-2-3-14)18(21-15)12-9-17(22-20-11-12)23-5-7-25-8-6-23;15-13-5-8(7-17-19-13)14-18-11-4-1-9(16)6-12(11)20(14)10-2-3-10;1-3-6-4-2-5-1/h1,4,9-11,14H,2-3,5-8H2;1,4-7,10H,2-3H2;5H,1-4H2.